The number of benzene rings is 1. The smallest absolute Gasteiger partial charge is 0.108 e. The molecule has 1 aromatic rings. The molecule has 1 heterocycles. The molecule has 1 fully saturated rings. The van der Waals surface area contributed by atoms with Gasteiger partial charge in [0.25, 0.3) is 0 Å². The zero-order chi connectivity index (χ0) is 13.1. The van der Waals surface area contributed by atoms with Crippen LogP contribution < -0.4 is 5.32 Å². The van der Waals surface area contributed by atoms with Gasteiger partial charge in [-0.05, 0) is 31.0 Å². The van der Waals surface area contributed by atoms with Crippen molar-refractivity contribution in [2.75, 3.05) is 25.0 Å². The molecule has 96 valence electrons. The van der Waals surface area contributed by atoms with Crippen LogP contribution in [-0.2, 0) is 0 Å². The van der Waals surface area contributed by atoms with Crippen LogP contribution in [0.2, 0.25) is 5.02 Å². The quantitative estimate of drug-likeness (QED) is 0.874. The van der Waals surface area contributed by atoms with Crippen LogP contribution in [-0.4, -0.2) is 35.9 Å². The maximum atomic E-state index is 9.41. The number of anilines is 1. The lowest BCUT2D eigenvalue weighted by Gasteiger charge is -2.37. The van der Waals surface area contributed by atoms with E-state index in [2.05, 4.69) is 11.4 Å². The molecule has 2 N–H and O–H groups in total. The minimum Gasteiger partial charge on any atom is -0.383 e. The number of hydrogen-bond donors (Lipinski definition) is 2. The highest BCUT2D eigenvalue weighted by Crippen LogP contribution is 2.26. The van der Waals surface area contributed by atoms with E-state index in [0.29, 0.717) is 10.6 Å². The van der Waals surface area contributed by atoms with Crippen molar-refractivity contribution in [1.29, 1.82) is 5.26 Å². The van der Waals surface area contributed by atoms with Crippen LogP contribution in [0.15, 0.2) is 12.1 Å². The summed E-state index contributed by atoms with van der Waals surface area (Å²) in [5, 5.41) is 22.1. The van der Waals surface area contributed by atoms with Gasteiger partial charge in [0.2, 0.25) is 0 Å². The molecule has 0 saturated carbocycles. The van der Waals surface area contributed by atoms with Gasteiger partial charge in [-0.1, -0.05) is 11.6 Å². The summed E-state index contributed by atoms with van der Waals surface area (Å²) in [7, 11) is 0. The summed E-state index contributed by atoms with van der Waals surface area (Å²) < 4.78 is 0. The zero-order valence-electron chi connectivity index (χ0n) is 10.3. The lowest BCUT2D eigenvalue weighted by atomic mass is 10.1. The maximum Gasteiger partial charge on any atom is 0.108 e. The summed E-state index contributed by atoms with van der Waals surface area (Å²) >= 11 is 6.09. The minimum absolute atomic E-state index is 0.280. The highest BCUT2D eigenvalue weighted by Gasteiger charge is 2.24. The molecule has 0 aromatic heterocycles. The second-order valence-electron chi connectivity index (χ2n) is 4.44. The second kappa shape index (κ2) is 5.57. The number of nitrogens with zero attached hydrogens (tertiary/aromatic N) is 2. The number of aliphatic hydroxyl groups excluding tert-OH is 1. The van der Waals surface area contributed by atoms with Crippen LogP contribution in [0, 0.1) is 18.3 Å². The van der Waals surface area contributed by atoms with E-state index in [1.165, 1.54) is 0 Å². The van der Waals surface area contributed by atoms with E-state index in [4.69, 9.17) is 16.9 Å². The van der Waals surface area contributed by atoms with Crippen molar-refractivity contribution in [3.05, 3.63) is 28.3 Å². The van der Waals surface area contributed by atoms with Gasteiger partial charge in [-0.25, -0.2) is 0 Å². The van der Waals surface area contributed by atoms with Gasteiger partial charge in [-0.3, -0.25) is 4.90 Å². The first-order valence-corrected chi connectivity index (χ1v) is 6.36. The molecular formula is C13H16ClN3O. The van der Waals surface area contributed by atoms with Gasteiger partial charge in [0.05, 0.1) is 10.6 Å². The molecule has 1 saturated heterocycles. The summed E-state index contributed by atoms with van der Waals surface area (Å²) in [6.45, 7) is 4.40. The molecule has 0 amide bonds. The Labute approximate surface area is 112 Å². The SMILES string of the molecule is Cc1c(NCCN2CCC2O)ccc(C#N)c1Cl. The molecule has 5 heteroatoms. The molecule has 1 atom stereocenters. The minimum atomic E-state index is -0.280. The number of rotatable bonds is 4. The molecule has 1 aliphatic heterocycles. The molecule has 0 spiro atoms. The number of nitrogens with one attached hydrogen (secondary N) is 1. The summed E-state index contributed by atoms with van der Waals surface area (Å²) in [6.07, 6.45) is 0.583. The first kappa shape index (κ1) is 13.2. The van der Waals surface area contributed by atoms with Crippen LogP contribution in [0.3, 0.4) is 0 Å². The van der Waals surface area contributed by atoms with Gasteiger partial charge in [0.15, 0.2) is 0 Å². The van der Waals surface area contributed by atoms with E-state index in [1.54, 1.807) is 6.07 Å². The summed E-state index contributed by atoms with van der Waals surface area (Å²) in [6, 6.07) is 5.65. The Morgan fingerprint density at radius 3 is 2.94 bits per heavy atom. The molecule has 1 unspecified atom stereocenters. The first-order valence-electron chi connectivity index (χ1n) is 5.98. The molecule has 2 rings (SSSR count). The van der Waals surface area contributed by atoms with Gasteiger partial charge in [-0.2, -0.15) is 5.26 Å². The fourth-order valence-electron chi connectivity index (χ4n) is 1.99. The van der Waals surface area contributed by atoms with Gasteiger partial charge in [-0.15, -0.1) is 0 Å². The van der Waals surface area contributed by atoms with Gasteiger partial charge < -0.3 is 10.4 Å². The predicted molar refractivity (Wildman–Crippen MR) is 71.6 cm³/mol. The van der Waals surface area contributed by atoms with Crippen LogP contribution in [0.4, 0.5) is 5.69 Å². The lowest BCUT2D eigenvalue weighted by molar-refractivity contribution is -0.0708. The van der Waals surface area contributed by atoms with E-state index < -0.39 is 0 Å². The molecule has 4 nitrogen and oxygen atoms in total. The largest absolute Gasteiger partial charge is 0.383 e. The van der Waals surface area contributed by atoms with Gasteiger partial charge in [0, 0.05) is 25.3 Å². The Hall–Kier alpha value is -1.28. The summed E-state index contributed by atoms with van der Waals surface area (Å²) in [5.41, 5.74) is 2.33. The lowest BCUT2D eigenvalue weighted by Crippen LogP contribution is -2.49. The van der Waals surface area contributed by atoms with E-state index in [-0.39, 0.29) is 6.23 Å². The summed E-state index contributed by atoms with van der Waals surface area (Å²) in [5.74, 6) is 0. The van der Waals surface area contributed by atoms with Crippen molar-refractivity contribution in [3.63, 3.8) is 0 Å². The van der Waals surface area contributed by atoms with Crippen molar-refractivity contribution >= 4 is 17.3 Å². The summed E-state index contributed by atoms with van der Waals surface area (Å²) in [4.78, 5) is 2.01. The van der Waals surface area contributed by atoms with Gasteiger partial charge >= 0.3 is 0 Å². The highest BCUT2D eigenvalue weighted by molar-refractivity contribution is 6.32. The molecule has 0 aliphatic carbocycles. The average molecular weight is 266 g/mol. The standard InChI is InChI=1S/C13H16ClN3O/c1-9-11(3-2-10(8-15)13(9)14)16-5-7-17-6-4-12(17)18/h2-3,12,16,18H,4-7H2,1H3. The molecule has 1 aliphatic rings. The zero-order valence-corrected chi connectivity index (χ0v) is 11.0. The normalized spacial score (nSPS) is 19.1. The van der Waals surface area contributed by atoms with Crippen LogP contribution >= 0.6 is 11.6 Å². The van der Waals surface area contributed by atoms with E-state index in [9.17, 15) is 5.11 Å². The number of halogens is 1. The van der Waals surface area contributed by atoms with Crippen LogP contribution in [0.25, 0.3) is 0 Å². The maximum absolute atomic E-state index is 9.41. The monoisotopic (exact) mass is 265 g/mol. The fourth-order valence-corrected chi connectivity index (χ4v) is 2.19. The molecule has 1 aromatic carbocycles. The fraction of sp³-hybridized carbons (Fsp3) is 0.462. The number of aliphatic hydroxyl groups is 1. The van der Waals surface area contributed by atoms with Crippen LogP contribution in [0.1, 0.15) is 17.5 Å². The molecular weight excluding hydrogens is 250 g/mol. The Kier molecular flexibility index (Phi) is 4.07. The van der Waals surface area contributed by atoms with Crippen molar-refractivity contribution in [2.24, 2.45) is 0 Å². The number of likely N-dealkylation sites (tertiary alicyclic amines) is 1. The van der Waals surface area contributed by atoms with Crippen molar-refractivity contribution < 1.29 is 5.11 Å². The first-order chi connectivity index (χ1) is 8.63. The third kappa shape index (κ3) is 2.59. The third-order valence-corrected chi connectivity index (χ3v) is 3.80. The third-order valence-electron chi connectivity index (χ3n) is 3.32. The second-order valence-corrected chi connectivity index (χ2v) is 4.82. The van der Waals surface area contributed by atoms with E-state index >= 15 is 0 Å². The van der Waals surface area contributed by atoms with Crippen molar-refractivity contribution in [2.45, 2.75) is 19.6 Å². The molecule has 0 radical (unpaired) electrons. The van der Waals surface area contributed by atoms with Crippen LogP contribution in [0.5, 0.6) is 0 Å². The molecule has 18 heavy (non-hydrogen) atoms. The van der Waals surface area contributed by atoms with Crippen molar-refractivity contribution in [1.82, 2.24) is 4.90 Å². The highest BCUT2D eigenvalue weighted by atomic mass is 35.5. The Bertz CT molecular complexity index is 484. The van der Waals surface area contributed by atoms with Gasteiger partial charge in [0.1, 0.15) is 12.3 Å². The van der Waals surface area contributed by atoms with E-state index in [0.717, 1.165) is 37.3 Å². The Morgan fingerprint density at radius 1 is 1.61 bits per heavy atom. The Balaban J connectivity index is 1.93. The topological polar surface area (TPSA) is 59.3 Å². The predicted octanol–water partition coefficient (Wildman–Crippen LogP) is 1.96. The molecule has 0 bridgehead atoms. The van der Waals surface area contributed by atoms with E-state index in [1.807, 2.05) is 17.9 Å². The average Bonchev–Trinajstić information content (AvgIpc) is 2.37. The van der Waals surface area contributed by atoms with Crippen molar-refractivity contribution in [3.8, 4) is 6.07 Å². The number of nitriles is 1. The number of hydrogen-bond acceptors (Lipinski definition) is 4. The Morgan fingerprint density at radius 2 is 2.39 bits per heavy atom.